The summed E-state index contributed by atoms with van der Waals surface area (Å²) in [5.41, 5.74) is 3.91. The highest BCUT2D eigenvalue weighted by Gasteiger charge is 2.02. The molecule has 0 spiro atoms. The Kier molecular flexibility index (Phi) is 5.20. The van der Waals surface area contributed by atoms with Crippen LogP contribution in [0.5, 0.6) is 0 Å². The monoisotopic (exact) mass is 286 g/mol. The Morgan fingerprint density at radius 1 is 1.00 bits per heavy atom. The van der Waals surface area contributed by atoms with Crippen LogP contribution >= 0.6 is 0 Å². The maximum absolute atomic E-state index is 13.5. The van der Waals surface area contributed by atoms with Gasteiger partial charge in [0.25, 0.3) is 0 Å². The molecule has 0 saturated heterocycles. The molecule has 2 aromatic carbocycles. The molecule has 21 heavy (non-hydrogen) atoms. The summed E-state index contributed by atoms with van der Waals surface area (Å²) < 4.78 is 13.5. The topological polar surface area (TPSA) is 15.3 Å². The molecule has 0 fully saturated rings. The van der Waals surface area contributed by atoms with Gasteiger partial charge in [0, 0.05) is 31.0 Å². The molecule has 0 unspecified atom stereocenters. The molecule has 2 rings (SSSR count). The summed E-state index contributed by atoms with van der Waals surface area (Å²) in [5.74, 6) is -0.147. The largest absolute Gasteiger partial charge is 0.381 e. The predicted octanol–water partition coefficient (Wildman–Crippen LogP) is 4.59. The van der Waals surface area contributed by atoms with Gasteiger partial charge in [-0.15, -0.1) is 0 Å². The maximum atomic E-state index is 13.5. The Labute approximate surface area is 126 Å². The van der Waals surface area contributed by atoms with Crippen molar-refractivity contribution in [1.82, 2.24) is 0 Å². The third kappa shape index (κ3) is 3.97. The van der Waals surface area contributed by atoms with E-state index in [4.69, 9.17) is 0 Å². The zero-order chi connectivity index (χ0) is 15.2. The van der Waals surface area contributed by atoms with E-state index in [9.17, 15) is 4.39 Å². The highest BCUT2D eigenvalue weighted by Crippen LogP contribution is 2.18. The van der Waals surface area contributed by atoms with Crippen molar-refractivity contribution in [1.29, 1.82) is 0 Å². The molecule has 0 atom stereocenters. The minimum absolute atomic E-state index is 0.147. The molecule has 2 aromatic rings. The van der Waals surface area contributed by atoms with E-state index in [1.54, 1.807) is 13.0 Å². The third-order valence-electron chi connectivity index (χ3n) is 3.73. The minimum Gasteiger partial charge on any atom is -0.381 e. The van der Waals surface area contributed by atoms with Crippen LogP contribution < -0.4 is 10.2 Å². The van der Waals surface area contributed by atoms with E-state index in [1.807, 2.05) is 12.1 Å². The fourth-order valence-corrected chi connectivity index (χ4v) is 2.33. The van der Waals surface area contributed by atoms with Crippen molar-refractivity contribution < 1.29 is 4.39 Å². The molecule has 0 saturated carbocycles. The molecular formula is C18H23FN2. The molecule has 0 heterocycles. The van der Waals surface area contributed by atoms with E-state index < -0.39 is 0 Å². The first-order valence-electron chi connectivity index (χ1n) is 7.48. The number of halogens is 1. The van der Waals surface area contributed by atoms with Crippen molar-refractivity contribution in [2.24, 2.45) is 0 Å². The second kappa shape index (κ2) is 7.11. The van der Waals surface area contributed by atoms with E-state index in [0.29, 0.717) is 12.1 Å². The number of hydrogen-bond acceptors (Lipinski definition) is 2. The summed E-state index contributed by atoms with van der Waals surface area (Å²) in [5, 5.41) is 3.32. The standard InChI is InChI=1S/C18H23FN2/c1-4-21(5-2)17-10-8-16(9-11-17)20-13-15-7-6-14(3)18(19)12-15/h6-12,20H,4-5,13H2,1-3H3. The van der Waals surface area contributed by atoms with Gasteiger partial charge >= 0.3 is 0 Å². The van der Waals surface area contributed by atoms with Gasteiger partial charge in [-0.2, -0.15) is 0 Å². The van der Waals surface area contributed by atoms with Crippen LogP contribution in [0.2, 0.25) is 0 Å². The number of aryl methyl sites for hydroxylation is 1. The van der Waals surface area contributed by atoms with Crippen LogP contribution in [0.15, 0.2) is 42.5 Å². The highest BCUT2D eigenvalue weighted by atomic mass is 19.1. The fraction of sp³-hybridized carbons (Fsp3) is 0.333. The van der Waals surface area contributed by atoms with Gasteiger partial charge in [-0.3, -0.25) is 0 Å². The van der Waals surface area contributed by atoms with Gasteiger partial charge in [-0.25, -0.2) is 4.39 Å². The fourth-order valence-electron chi connectivity index (χ4n) is 2.33. The van der Waals surface area contributed by atoms with Crippen molar-refractivity contribution in [3.05, 3.63) is 59.4 Å². The Hall–Kier alpha value is -2.03. The van der Waals surface area contributed by atoms with Crippen LogP contribution in [0.25, 0.3) is 0 Å². The van der Waals surface area contributed by atoms with Crippen molar-refractivity contribution in [3.8, 4) is 0 Å². The first-order valence-corrected chi connectivity index (χ1v) is 7.48. The molecule has 0 radical (unpaired) electrons. The number of nitrogens with zero attached hydrogens (tertiary/aromatic N) is 1. The summed E-state index contributed by atoms with van der Waals surface area (Å²) in [7, 11) is 0. The van der Waals surface area contributed by atoms with Crippen molar-refractivity contribution in [2.75, 3.05) is 23.3 Å². The third-order valence-corrected chi connectivity index (χ3v) is 3.73. The van der Waals surface area contributed by atoms with E-state index in [1.165, 1.54) is 5.69 Å². The molecule has 112 valence electrons. The first kappa shape index (κ1) is 15.4. The number of hydrogen-bond donors (Lipinski definition) is 1. The molecule has 0 amide bonds. The summed E-state index contributed by atoms with van der Waals surface area (Å²) in [6.45, 7) is 8.72. The van der Waals surface area contributed by atoms with E-state index >= 15 is 0 Å². The van der Waals surface area contributed by atoms with Crippen molar-refractivity contribution in [2.45, 2.75) is 27.3 Å². The lowest BCUT2D eigenvalue weighted by molar-refractivity contribution is 0.616. The van der Waals surface area contributed by atoms with Gasteiger partial charge in [0.15, 0.2) is 0 Å². The molecule has 0 aliphatic heterocycles. The number of anilines is 2. The van der Waals surface area contributed by atoms with Crippen LogP contribution in [0, 0.1) is 12.7 Å². The molecule has 1 N–H and O–H groups in total. The maximum Gasteiger partial charge on any atom is 0.126 e. The molecule has 0 bridgehead atoms. The lowest BCUT2D eigenvalue weighted by atomic mass is 10.1. The quantitative estimate of drug-likeness (QED) is 0.835. The summed E-state index contributed by atoms with van der Waals surface area (Å²) in [6, 6.07) is 13.7. The molecule has 3 heteroatoms. The minimum atomic E-state index is -0.147. The first-order chi connectivity index (χ1) is 10.1. The van der Waals surface area contributed by atoms with Crippen LogP contribution in [-0.4, -0.2) is 13.1 Å². The van der Waals surface area contributed by atoms with Gasteiger partial charge in [0.1, 0.15) is 5.82 Å². The summed E-state index contributed by atoms with van der Waals surface area (Å²) in [6.07, 6.45) is 0. The normalized spacial score (nSPS) is 10.5. The number of rotatable bonds is 6. The lowest BCUT2D eigenvalue weighted by Gasteiger charge is -2.21. The highest BCUT2D eigenvalue weighted by molar-refractivity contribution is 5.55. The molecular weight excluding hydrogens is 263 g/mol. The second-order valence-corrected chi connectivity index (χ2v) is 5.16. The van der Waals surface area contributed by atoms with Gasteiger partial charge in [-0.05, 0) is 62.2 Å². The number of nitrogens with one attached hydrogen (secondary N) is 1. The second-order valence-electron chi connectivity index (χ2n) is 5.16. The Morgan fingerprint density at radius 3 is 2.24 bits per heavy atom. The van der Waals surface area contributed by atoms with Gasteiger partial charge in [0.05, 0.1) is 0 Å². The number of benzene rings is 2. The molecule has 0 aromatic heterocycles. The van der Waals surface area contributed by atoms with Gasteiger partial charge < -0.3 is 10.2 Å². The van der Waals surface area contributed by atoms with Crippen LogP contribution in [0.1, 0.15) is 25.0 Å². The average molecular weight is 286 g/mol. The van der Waals surface area contributed by atoms with Crippen LogP contribution in [-0.2, 0) is 6.54 Å². The molecule has 0 aliphatic carbocycles. The van der Waals surface area contributed by atoms with Gasteiger partial charge in [-0.1, -0.05) is 12.1 Å². The Balaban J connectivity index is 1.98. The van der Waals surface area contributed by atoms with Crippen LogP contribution in [0.3, 0.4) is 0 Å². The summed E-state index contributed by atoms with van der Waals surface area (Å²) >= 11 is 0. The summed E-state index contributed by atoms with van der Waals surface area (Å²) in [4.78, 5) is 2.30. The SMILES string of the molecule is CCN(CC)c1ccc(NCc2ccc(C)c(F)c2)cc1. The Morgan fingerprint density at radius 2 is 1.67 bits per heavy atom. The van der Waals surface area contributed by atoms with Crippen LogP contribution in [0.4, 0.5) is 15.8 Å². The van der Waals surface area contributed by atoms with E-state index in [-0.39, 0.29) is 5.82 Å². The zero-order valence-electron chi connectivity index (χ0n) is 13.0. The predicted molar refractivity (Wildman–Crippen MR) is 88.5 cm³/mol. The smallest absolute Gasteiger partial charge is 0.126 e. The Bertz CT molecular complexity index is 574. The van der Waals surface area contributed by atoms with Gasteiger partial charge in [0.2, 0.25) is 0 Å². The van der Waals surface area contributed by atoms with Crippen molar-refractivity contribution >= 4 is 11.4 Å². The zero-order valence-corrected chi connectivity index (χ0v) is 13.0. The average Bonchev–Trinajstić information content (AvgIpc) is 2.51. The lowest BCUT2D eigenvalue weighted by Crippen LogP contribution is -2.21. The molecule has 2 nitrogen and oxygen atoms in total. The van der Waals surface area contributed by atoms with E-state index in [0.717, 1.165) is 24.3 Å². The molecule has 0 aliphatic rings. The van der Waals surface area contributed by atoms with E-state index in [2.05, 4.69) is 48.3 Å². The van der Waals surface area contributed by atoms with Crippen molar-refractivity contribution in [3.63, 3.8) is 0 Å².